The number of unbranched alkanes of at least 4 members (excludes halogenated alkanes) is 1. The molecular weight excluding hydrogens is 416 g/mol. The largest absolute Gasteiger partial charge is 0.346 e. The van der Waals surface area contributed by atoms with Crippen molar-refractivity contribution in [3.8, 4) is 23.1 Å². The predicted octanol–water partition coefficient (Wildman–Crippen LogP) is 5.81. The third kappa shape index (κ3) is 6.12. The summed E-state index contributed by atoms with van der Waals surface area (Å²) in [4.78, 5) is 17.2. The minimum absolute atomic E-state index is 0.149. The van der Waals surface area contributed by atoms with Crippen LogP contribution in [0.3, 0.4) is 0 Å². The summed E-state index contributed by atoms with van der Waals surface area (Å²) in [5, 5.41) is 8.86. The van der Waals surface area contributed by atoms with Gasteiger partial charge in [-0.1, -0.05) is 43.2 Å². The first-order chi connectivity index (χ1) is 15.3. The first kappa shape index (κ1) is 23.4. The molecule has 6 heteroatoms. The Kier molecular flexibility index (Phi) is 7.55. The number of anilines is 1. The Labute approximate surface area is 194 Å². The van der Waals surface area contributed by atoms with Gasteiger partial charge in [-0.05, 0) is 39.3 Å². The zero-order chi connectivity index (χ0) is 23.1. The minimum Gasteiger partial charge on any atom is -0.346 e. The topological polar surface area (TPSA) is 59.0 Å². The van der Waals surface area contributed by atoms with Crippen molar-refractivity contribution in [1.82, 2.24) is 14.9 Å². The Hall–Kier alpha value is -3.30. The molecule has 0 fully saturated rings. The van der Waals surface area contributed by atoms with Gasteiger partial charge in [0.2, 0.25) is 0 Å². The quantitative estimate of drug-likeness (QED) is 0.429. The van der Waals surface area contributed by atoms with E-state index in [0.29, 0.717) is 17.8 Å². The molecule has 0 spiro atoms. The van der Waals surface area contributed by atoms with Gasteiger partial charge in [0, 0.05) is 35.5 Å². The van der Waals surface area contributed by atoms with Crippen LogP contribution in [0.15, 0.2) is 60.4 Å². The van der Waals surface area contributed by atoms with E-state index in [0.717, 1.165) is 29.2 Å². The summed E-state index contributed by atoms with van der Waals surface area (Å²) in [6.45, 7) is 12.6. The fourth-order valence-electron chi connectivity index (χ4n) is 3.10. The van der Waals surface area contributed by atoms with Crippen molar-refractivity contribution in [2.24, 2.45) is 0 Å². The van der Waals surface area contributed by atoms with Gasteiger partial charge >= 0.3 is 0 Å². The van der Waals surface area contributed by atoms with Crippen LogP contribution in [-0.4, -0.2) is 22.0 Å². The fourth-order valence-corrected chi connectivity index (χ4v) is 3.87. The monoisotopic (exact) mass is 446 g/mol. The Morgan fingerprint density at radius 2 is 2.12 bits per heavy atom. The molecule has 0 bridgehead atoms. The molecule has 166 valence electrons. The predicted molar refractivity (Wildman–Crippen MR) is 134 cm³/mol. The highest BCUT2D eigenvalue weighted by Crippen LogP contribution is 2.26. The maximum atomic E-state index is 12.6. The number of carbonyl (C=O) groups is 1. The van der Waals surface area contributed by atoms with Crippen LogP contribution in [0.1, 0.15) is 49.5 Å². The molecule has 0 saturated carbocycles. The third-order valence-electron chi connectivity index (χ3n) is 4.93. The van der Waals surface area contributed by atoms with Crippen molar-refractivity contribution in [2.75, 3.05) is 11.9 Å². The number of aryl methyl sites for hydroxylation is 1. The first-order valence-electron chi connectivity index (χ1n) is 10.7. The molecule has 2 heterocycles. The molecule has 1 amide bonds. The highest BCUT2D eigenvalue weighted by molar-refractivity contribution is 7.14. The Balaban J connectivity index is 1.54. The van der Waals surface area contributed by atoms with Crippen molar-refractivity contribution in [3.63, 3.8) is 0 Å². The average molecular weight is 447 g/mol. The van der Waals surface area contributed by atoms with Gasteiger partial charge < -0.3 is 15.2 Å². The molecule has 0 atom stereocenters. The number of hydrogen-bond acceptors (Lipinski definition) is 4. The molecule has 0 saturated heterocycles. The van der Waals surface area contributed by atoms with Gasteiger partial charge in [0.1, 0.15) is 0 Å². The van der Waals surface area contributed by atoms with Crippen LogP contribution in [0.5, 0.6) is 0 Å². The highest BCUT2D eigenvalue weighted by Gasteiger charge is 2.18. The Bertz CT molecular complexity index is 1160. The zero-order valence-corrected chi connectivity index (χ0v) is 20.0. The summed E-state index contributed by atoms with van der Waals surface area (Å²) in [6, 6.07) is 10.1. The average Bonchev–Trinajstić information content (AvgIpc) is 3.43. The van der Waals surface area contributed by atoms with E-state index >= 15 is 0 Å². The van der Waals surface area contributed by atoms with Gasteiger partial charge in [-0.15, -0.1) is 17.3 Å². The van der Waals surface area contributed by atoms with Crippen LogP contribution in [0.4, 0.5) is 5.13 Å². The van der Waals surface area contributed by atoms with E-state index in [2.05, 4.69) is 60.0 Å². The molecule has 3 aromatic rings. The SMILES string of the molecule is C=C(CNC(=O)c1ccn(C(C)(C)C#CCCC)c1)Nc1nc(-c2cccc(C)c2)cs1. The van der Waals surface area contributed by atoms with Gasteiger partial charge in [0.05, 0.1) is 23.3 Å². The molecule has 3 rings (SSSR count). The lowest BCUT2D eigenvalue weighted by Gasteiger charge is -2.20. The smallest absolute Gasteiger partial charge is 0.253 e. The van der Waals surface area contributed by atoms with E-state index in [9.17, 15) is 4.79 Å². The molecule has 0 aliphatic heterocycles. The molecular formula is C26H30N4OS. The van der Waals surface area contributed by atoms with Crippen molar-refractivity contribution in [3.05, 3.63) is 71.5 Å². The molecule has 32 heavy (non-hydrogen) atoms. The molecule has 2 N–H and O–H groups in total. The molecule has 0 radical (unpaired) electrons. The van der Waals surface area contributed by atoms with Crippen LogP contribution in [0.25, 0.3) is 11.3 Å². The summed E-state index contributed by atoms with van der Waals surface area (Å²) in [6.07, 6.45) is 5.64. The summed E-state index contributed by atoms with van der Waals surface area (Å²) >= 11 is 1.51. The number of carbonyl (C=O) groups excluding carboxylic acids is 1. The number of aromatic nitrogens is 2. The van der Waals surface area contributed by atoms with Gasteiger partial charge in [0.25, 0.3) is 5.91 Å². The molecule has 0 aliphatic carbocycles. The minimum atomic E-state index is -0.362. The summed E-state index contributed by atoms with van der Waals surface area (Å²) in [5.74, 6) is 6.32. The van der Waals surface area contributed by atoms with Crippen LogP contribution >= 0.6 is 11.3 Å². The van der Waals surface area contributed by atoms with E-state index in [1.54, 1.807) is 0 Å². The second-order valence-electron chi connectivity index (χ2n) is 8.24. The molecule has 5 nitrogen and oxygen atoms in total. The third-order valence-corrected chi connectivity index (χ3v) is 5.69. The molecule has 1 aromatic carbocycles. The summed E-state index contributed by atoms with van der Waals surface area (Å²) < 4.78 is 1.97. The van der Waals surface area contributed by atoms with Crippen molar-refractivity contribution >= 4 is 22.4 Å². The number of nitrogens with zero attached hydrogens (tertiary/aromatic N) is 2. The van der Waals surface area contributed by atoms with Crippen LogP contribution < -0.4 is 10.6 Å². The highest BCUT2D eigenvalue weighted by atomic mass is 32.1. The Morgan fingerprint density at radius 1 is 1.31 bits per heavy atom. The van der Waals surface area contributed by atoms with E-state index in [4.69, 9.17) is 0 Å². The molecule has 2 aromatic heterocycles. The van der Waals surface area contributed by atoms with Crippen LogP contribution in [0.2, 0.25) is 0 Å². The number of nitrogens with one attached hydrogen (secondary N) is 2. The van der Waals surface area contributed by atoms with Gasteiger partial charge in [-0.3, -0.25) is 4.79 Å². The summed E-state index contributed by atoms with van der Waals surface area (Å²) in [5.41, 5.74) is 4.11. The van der Waals surface area contributed by atoms with Crippen LogP contribution in [0, 0.1) is 18.8 Å². The molecule has 0 unspecified atom stereocenters. The first-order valence-corrected chi connectivity index (χ1v) is 11.6. The zero-order valence-electron chi connectivity index (χ0n) is 19.2. The second-order valence-corrected chi connectivity index (χ2v) is 9.09. The maximum absolute atomic E-state index is 12.6. The number of amides is 1. The summed E-state index contributed by atoms with van der Waals surface area (Å²) in [7, 11) is 0. The Morgan fingerprint density at radius 3 is 2.88 bits per heavy atom. The second kappa shape index (κ2) is 10.3. The van der Waals surface area contributed by atoms with E-state index in [1.807, 2.05) is 54.4 Å². The van der Waals surface area contributed by atoms with Crippen molar-refractivity contribution in [1.29, 1.82) is 0 Å². The number of hydrogen-bond donors (Lipinski definition) is 2. The van der Waals surface area contributed by atoms with Gasteiger partial charge in [-0.2, -0.15) is 0 Å². The van der Waals surface area contributed by atoms with E-state index in [1.165, 1.54) is 16.9 Å². The van der Waals surface area contributed by atoms with Gasteiger partial charge in [-0.25, -0.2) is 4.98 Å². The fraction of sp³-hybridized carbons (Fsp3) is 0.308. The lowest BCUT2D eigenvalue weighted by Crippen LogP contribution is -2.27. The number of thiazole rings is 1. The molecule has 0 aliphatic rings. The lowest BCUT2D eigenvalue weighted by molar-refractivity contribution is 0.0957. The van der Waals surface area contributed by atoms with E-state index in [-0.39, 0.29) is 11.4 Å². The maximum Gasteiger partial charge on any atom is 0.253 e. The van der Waals surface area contributed by atoms with Crippen molar-refractivity contribution < 1.29 is 4.79 Å². The lowest BCUT2D eigenvalue weighted by atomic mass is 10.1. The normalized spacial score (nSPS) is 10.9. The van der Waals surface area contributed by atoms with Crippen LogP contribution in [-0.2, 0) is 5.54 Å². The van der Waals surface area contributed by atoms with E-state index < -0.39 is 0 Å². The number of benzene rings is 1. The van der Waals surface area contributed by atoms with Gasteiger partial charge in [0.15, 0.2) is 5.13 Å². The van der Waals surface area contributed by atoms with Crippen molar-refractivity contribution in [2.45, 2.75) is 46.1 Å². The standard InChI is InChI=1S/C26H30N4OS/c1-6-7-8-13-26(4,5)30-14-12-22(17-30)24(31)27-16-20(3)28-25-29-23(18-32-25)21-11-9-10-19(2)15-21/h9-12,14-15,17-18H,3,6-7,16H2,1-2,4-5H3,(H,27,31)(H,28,29). The number of rotatable bonds is 8.